The van der Waals surface area contributed by atoms with Crippen LogP contribution >= 0.6 is 0 Å². The Labute approximate surface area is 131 Å². The number of ether oxygens (including phenoxy) is 1. The SMILES string of the molecule is COc1ccccc1CNCCC(=O)Nc1ccc(C)cc1. The highest BCUT2D eigenvalue weighted by molar-refractivity contribution is 5.90. The number of para-hydroxylation sites is 1. The number of hydrogen-bond acceptors (Lipinski definition) is 3. The molecular weight excluding hydrogens is 276 g/mol. The average Bonchev–Trinajstić information content (AvgIpc) is 2.54. The lowest BCUT2D eigenvalue weighted by molar-refractivity contribution is -0.116. The predicted octanol–water partition coefficient (Wildman–Crippen LogP) is 3.12. The van der Waals surface area contributed by atoms with Gasteiger partial charge in [-0.1, -0.05) is 35.9 Å². The summed E-state index contributed by atoms with van der Waals surface area (Å²) in [7, 11) is 1.66. The number of carbonyl (C=O) groups is 1. The van der Waals surface area contributed by atoms with Gasteiger partial charge in [0.15, 0.2) is 0 Å². The molecule has 4 heteroatoms. The summed E-state index contributed by atoms with van der Waals surface area (Å²) < 4.78 is 5.29. The van der Waals surface area contributed by atoms with Gasteiger partial charge in [0.25, 0.3) is 0 Å². The fraction of sp³-hybridized carbons (Fsp3) is 0.278. The second kappa shape index (κ2) is 8.20. The zero-order valence-corrected chi connectivity index (χ0v) is 13.1. The lowest BCUT2D eigenvalue weighted by Crippen LogP contribution is -2.21. The molecule has 0 bridgehead atoms. The van der Waals surface area contributed by atoms with Crippen molar-refractivity contribution in [3.05, 3.63) is 59.7 Å². The van der Waals surface area contributed by atoms with Gasteiger partial charge >= 0.3 is 0 Å². The Hall–Kier alpha value is -2.33. The van der Waals surface area contributed by atoms with Crippen molar-refractivity contribution < 1.29 is 9.53 Å². The third-order valence-corrected chi connectivity index (χ3v) is 3.37. The van der Waals surface area contributed by atoms with E-state index in [1.54, 1.807) is 7.11 Å². The van der Waals surface area contributed by atoms with Crippen LogP contribution in [0.1, 0.15) is 17.5 Å². The lowest BCUT2D eigenvalue weighted by Gasteiger charge is -2.09. The highest BCUT2D eigenvalue weighted by Crippen LogP contribution is 2.16. The maximum absolute atomic E-state index is 11.9. The van der Waals surface area contributed by atoms with Crippen molar-refractivity contribution in [2.75, 3.05) is 19.0 Å². The summed E-state index contributed by atoms with van der Waals surface area (Å²) in [5.41, 5.74) is 3.10. The molecule has 0 unspecified atom stereocenters. The maximum atomic E-state index is 11.9. The van der Waals surface area contributed by atoms with Crippen LogP contribution < -0.4 is 15.4 Å². The summed E-state index contributed by atoms with van der Waals surface area (Å²) >= 11 is 0. The number of hydrogen-bond donors (Lipinski definition) is 2. The van der Waals surface area contributed by atoms with Crippen LogP contribution in [0, 0.1) is 6.92 Å². The topological polar surface area (TPSA) is 50.4 Å². The molecule has 116 valence electrons. The standard InChI is InChI=1S/C18H22N2O2/c1-14-7-9-16(10-8-14)20-18(21)11-12-19-13-15-5-3-4-6-17(15)22-2/h3-10,19H,11-13H2,1-2H3,(H,20,21). The first-order valence-corrected chi connectivity index (χ1v) is 7.38. The predicted molar refractivity (Wildman–Crippen MR) is 89.1 cm³/mol. The van der Waals surface area contributed by atoms with Gasteiger partial charge in [-0.25, -0.2) is 0 Å². The number of carbonyl (C=O) groups excluding carboxylic acids is 1. The number of methoxy groups -OCH3 is 1. The van der Waals surface area contributed by atoms with Gasteiger partial charge in [0.1, 0.15) is 5.75 Å². The average molecular weight is 298 g/mol. The number of rotatable bonds is 7. The maximum Gasteiger partial charge on any atom is 0.225 e. The Morgan fingerprint density at radius 1 is 1.09 bits per heavy atom. The van der Waals surface area contributed by atoms with E-state index in [9.17, 15) is 4.79 Å². The molecule has 0 fully saturated rings. The Balaban J connectivity index is 1.72. The molecule has 0 saturated heterocycles. The van der Waals surface area contributed by atoms with E-state index in [-0.39, 0.29) is 5.91 Å². The van der Waals surface area contributed by atoms with E-state index >= 15 is 0 Å². The number of benzene rings is 2. The molecule has 0 radical (unpaired) electrons. The summed E-state index contributed by atoms with van der Waals surface area (Å²) in [6.07, 6.45) is 0.434. The first-order valence-electron chi connectivity index (χ1n) is 7.38. The fourth-order valence-electron chi connectivity index (χ4n) is 2.13. The third-order valence-electron chi connectivity index (χ3n) is 3.37. The van der Waals surface area contributed by atoms with Crippen LogP contribution in [0.5, 0.6) is 5.75 Å². The second-order valence-corrected chi connectivity index (χ2v) is 5.15. The largest absolute Gasteiger partial charge is 0.496 e. The molecule has 2 N–H and O–H groups in total. The summed E-state index contributed by atoms with van der Waals surface area (Å²) in [5, 5.41) is 6.15. The van der Waals surface area contributed by atoms with Crippen molar-refractivity contribution in [2.24, 2.45) is 0 Å². The Morgan fingerprint density at radius 3 is 2.55 bits per heavy atom. The van der Waals surface area contributed by atoms with E-state index in [2.05, 4.69) is 10.6 Å². The van der Waals surface area contributed by atoms with Gasteiger partial charge < -0.3 is 15.4 Å². The van der Waals surface area contributed by atoms with Gasteiger partial charge in [0.2, 0.25) is 5.91 Å². The molecule has 0 aliphatic heterocycles. The van der Waals surface area contributed by atoms with Crippen LogP contribution in [0.25, 0.3) is 0 Å². The molecule has 2 aromatic rings. The number of amides is 1. The van der Waals surface area contributed by atoms with Gasteiger partial charge in [-0.15, -0.1) is 0 Å². The zero-order valence-electron chi connectivity index (χ0n) is 13.1. The first-order chi connectivity index (χ1) is 10.7. The quantitative estimate of drug-likeness (QED) is 0.772. The first kappa shape index (κ1) is 16.0. The molecule has 22 heavy (non-hydrogen) atoms. The van der Waals surface area contributed by atoms with Crippen molar-refractivity contribution in [1.29, 1.82) is 0 Å². The smallest absolute Gasteiger partial charge is 0.225 e. The van der Waals surface area contributed by atoms with Gasteiger partial charge in [-0.3, -0.25) is 4.79 Å². The number of aryl methyl sites for hydroxylation is 1. The lowest BCUT2D eigenvalue weighted by atomic mass is 10.2. The Morgan fingerprint density at radius 2 is 1.82 bits per heavy atom. The van der Waals surface area contributed by atoms with E-state index in [4.69, 9.17) is 4.74 Å². The van der Waals surface area contributed by atoms with E-state index < -0.39 is 0 Å². The molecule has 0 saturated carbocycles. The monoisotopic (exact) mass is 298 g/mol. The molecule has 2 rings (SSSR count). The molecule has 0 aliphatic carbocycles. The normalized spacial score (nSPS) is 10.3. The number of nitrogens with one attached hydrogen (secondary N) is 2. The molecule has 0 aromatic heterocycles. The van der Waals surface area contributed by atoms with Crippen LogP contribution in [0.2, 0.25) is 0 Å². The van der Waals surface area contributed by atoms with E-state index in [0.29, 0.717) is 19.5 Å². The molecule has 0 spiro atoms. The molecular formula is C18H22N2O2. The van der Waals surface area contributed by atoms with Crippen molar-refractivity contribution >= 4 is 11.6 Å². The minimum atomic E-state index is 0.0105. The minimum absolute atomic E-state index is 0.0105. The summed E-state index contributed by atoms with van der Waals surface area (Å²) in [6, 6.07) is 15.6. The molecule has 0 heterocycles. The fourth-order valence-corrected chi connectivity index (χ4v) is 2.13. The van der Waals surface area contributed by atoms with Crippen molar-refractivity contribution in [1.82, 2.24) is 5.32 Å². The molecule has 1 amide bonds. The number of anilines is 1. The van der Waals surface area contributed by atoms with Crippen molar-refractivity contribution in [3.63, 3.8) is 0 Å². The van der Waals surface area contributed by atoms with Crippen molar-refractivity contribution in [3.8, 4) is 5.75 Å². The highest BCUT2D eigenvalue weighted by atomic mass is 16.5. The summed E-state index contributed by atoms with van der Waals surface area (Å²) in [6.45, 7) is 3.32. The van der Waals surface area contributed by atoms with E-state index in [1.165, 1.54) is 5.56 Å². The van der Waals surface area contributed by atoms with Gasteiger partial charge in [0.05, 0.1) is 7.11 Å². The molecule has 4 nitrogen and oxygen atoms in total. The van der Waals surface area contributed by atoms with Gasteiger partial charge in [0, 0.05) is 30.8 Å². The molecule has 0 aliphatic rings. The molecule has 2 aromatic carbocycles. The summed E-state index contributed by atoms with van der Waals surface area (Å²) in [5.74, 6) is 0.871. The zero-order chi connectivity index (χ0) is 15.8. The molecule has 0 atom stereocenters. The third kappa shape index (κ3) is 4.90. The van der Waals surface area contributed by atoms with Crippen LogP contribution in [-0.2, 0) is 11.3 Å². The van der Waals surface area contributed by atoms with Gasteiger partial charge in [-0.2, -0.15) is 0 Å². The van der Waals surface area contributed by atoms with Crippen molar-refractivity contribution in [2.45, 2.75) is 19.9 Å². The van der Waals surface area contributed by atoms with Crippen LogP contribution in [0.3, 0.4) is 0 Å². The summed E-state index contributed by atoms with van der Waals surface area (Å²) in [4.78, 5) is 11.9. The minimum Gasteiger partial charge on any atom is -0.496 e. The van der Waals surface area contributed by atoms with E-state index in [1.807, 2.05) is 55.5 Å². The van der Waals surface area contributed by atoms with E-state index in [0.717, 1.165) is 17.0 Å². The second-order valence-electron chi connectivity index (χ2n) is 5.15. The Bertz CT molecular complexity index is 609. The van der Waals surface area contributed by atoms with Gasteiger partial charge in [-0.05, 0) is 25.1 Å². The van der Waals surface area contributed by atoms with Crippen LogP contribution in [-0.4, -0.2) is 19.6 Å². The Kier molecular flexibility index (Phi) is 5.98. The van der Waals surface area contributed by atoms with Crippen LogP contribution in [0.4, 0.5) is 5.69 Å². The van der Waals surface area contributed by atoms with Crippen LogP contribution in [0.15, 0.2) is 48.5 Å². The highest BCUT2D eigenvalue weighted by Gasteiger charge is 2.04.